The standard InChI is InChI=1S/C15H15N3O/c1-3-11(2)12-4-6-14(7-5-12)19-15-10-17-13(8-16)9-18-15/h4-7,9-11H,3H2,1-2H3. The maximum absolute atomic E-state index is 8.63. The molecule has 0 fully saturated rings. The van der Waals surface area contributed by atoms with E-state index in [1.807, 2.05) is 18.2 Å². The van der Waals surface area contributed by atoms with Crippen molar-refractivity contribution in [3.8, 4) is 17.7 Å². The Bertz CT molecular complexity index is 570. The van der Waals surface area contributed by atoms with Gasteiger partial charge in [0.2, 0.25) is 5.88 Å². The lowest BCUT2D eigenvalue weighted by molar-refractivity contribution is 0.459. The molecule has 0 amide bonds. The zero-order chi connectivity index (χ0) is 13.7. The fourth-order valence-electron chi connectivity index (χ4n) is 1.65. The second-order valence-corrected chi connectivity index (χ2v) is 4.33. The van der Waals surface area contributed by atoms with Gasteiger partial charge in [-0.15, -0.1) is 0 Å². The van der Waals surface area contributed by atoms with E-state index in [0.29, 0.717) is 17.5 Å². The monoisotopic (exact) mass is 253 g/mol. The van der Waals surface area contributed by atoms with E-state index in [-0.39, 0.29) is 5.69 Å². The highest BCUT2D eigenvalue weighted by atomic mass is 16.5. The number of rotatable bonds is 4. The summed E-state index contributed by atoms with van der Waals surface area (Å²) in [6.07, 6.45) is 3.95. The van der Waals surface area contributed by atoms with Crippen LogP contribution < -0.4 is 4.74 Å². The number of aromatic nitrogens is 2. The van der Waals surface area contributed by atoms with Gasteiger partial charge in [0.1, 0.15) is 11.8 Å². The summed E-state index contributed by atoms with van der Waals surface area (Å²) in [6, 6.07) is 9.86. The van der Waals surface area contributed by atoms with Crippen molar-refractivity contribution in [3.63, 3.8) is 0 Å². The van der Waals surface area contributed by atoms with Crippen LogP contribution in [0.1, 0.15) is 37.4 Å². The zero-order valence-corrected chi connectivity index (χ0v) is 11.0. The lowest BCUT2D eigenvalue weighted by Crippen LogP contribution is -1.93. The lowest BCUT2D eigenvalue weighted by atomic mass is 9.99. The predicted molar refractivity (Wildman–Crippen MR) is 72.0 cm³/mol. The van der Waals surface area contributed by atoms with E-state index in [4.69, 9.17) is 10.00 Å². The van der Waals surface area contributed by atoms with Crippen LogP contribution in [0.2, 0.25) is 0 Å². The quantitative estimate of drug-likeness (QED) is 0.834. The first kappa shape index (κ1) is 13.0. The molecular formula is C15H15N3O. The van der Waals surface area contributed by atoms with Gasteiger partial charge in [-0.25, -0.2) is 9.97 Å². The molecule has 4 nitrogen and oxygen atoms in total. The maximum atomic E-state index is 8.63. The van der Waals surface area contributed by atoms with Gasteiger partial charge in [-0.2, -0.15) is 5.26 Å². The zero-order valence-electron chi connectivity index (χ0n) is 11.0. The van der Waals surface area contributed by atoms with Gasteiger partial charge in [-0.3, -0.25) is 0 Å². The number of benzene rings is 1. The Morgan fingerprint density at radius 1 is 1.21 bits per heavy atom. The van der Waals surface area contributed by atoms with Crippen LogP contribution in [-0.2, 0) is 0 Å². The van der Waals surface area contributed by atoms with Crippen molar-refractivity contribution < 1.29 is 4.74 Å². The molecular weight excluding hydrogens is 238 g/mol. The van der Waals surface area contributed by atoms with E-state index in [1.165, 1.54) is 18.0 Å². The molecule has 0 saturated carbocycles. The highest BCUT2D eigenvalue weighted by molar-refractivity contribution is 5.31. The van der Waals surface area contributed by atoms with E-state index < -0.39 is 0 Å². The molecule has 96 valence electrons. The molecule has 1 aromatic heterocycles. The molecule has 0 bridgehead atoms. The summed E-state index contributed by atoms with van der Waals surface area (Å²) in [5, 5.41) is 8.63. The van der Waals surface area contributed by atoms with Crippen LogP contribution in [0, 0.1) is 11.3 Å². The number of hydrogen-bond donors (Lipinski definition) is 0. The topological polar surface area (TPSA) is 58.8 Å². The number of ether oxygens (including phenoxy) is 1. The van der Waals surface area contributed by atoms with Crippen LogP contribution in [0.3, 0.4) is 0 Å². The van der Waals surface area contributed by atoms with E-state index in [9.17, 15) is 0 Å². The van der Waals surface area contributed by atoms with Gasteiger partial charge in [-0.1, -0.05) is 26.0 Å². The van der Waals surface area contributed by atoms with Crippen molar-refractivity contribution in [2.45, 2.75) is 26.2 Å². The molecule has 19 heavy (non-hydrogen) atoms. The smallest absolute Gasteiger partial charge is 0.237 e. The normalized spacial score (nSPS) is 11.6. The Balaban J connectivity index is 2.08. The summed E-state index contributed by atoms with van der Waals surface area (Å²) in [5.74, 6) is 1.64. The third-order valence-corrected chi connectivity index (χ3v) is 3.03. The summed E-state index contributed by atoms with van der Waals surface area (Å²) in [7, 11) is 0. The van der Waals surface area contributed by atoms with E-state index in [0.717, 1.165) is 6.42 Å². The lowest BCUT2D eigenvalue weighted by Gasteiger charge is -2.10. The van der Waals surface area contributed by atoms with Crippen molar-refractivity contribution in [1.29, 1.82) is 5.26 Å². The average molecular weight is 253 g/mol. The second-order valence-electron chi connectivity index (χ2n) is 4.33. The number of nitriles is 1. The molecule has 0 N–H and O–H groups in total. The molecule has 0 spiro atoms. The van der Waals surface area contributed by atoms with Crippen molar-refractivity contribution >= 4 is 0 Å². The predicted octanol–water partition coefficient (Wildman–Crippen LogP) is 3.65. The summed E-state index contributed by atoms with van der Waals surface area (Å²) in [6.45, 7) is 4.36. The summed E-state index contributed by atoms with van der Waals surface area (Å²) in [4.78, 5) is 7.92. The molecule has 1 unspecified atom stereocenters. The van der Waals surface area contributed by atoms with Crippen LogP contribution >= 0.6 is 0 Å². The molecule has 1 aromatic carbocycles. The van der Waals surface area contributed by atoms with Gasteiger partial charge in [0.25, 0.3) is 0 Å². The van der Waals surface area contributed by atoms with Crippen LogP contribution in [0.15, 0.2) is 36.7 Å². The summed E-state index contributed by atoms with van der Waals surface area (Å²) >= 11 is 0. The van der Waals surface area contributed by atoms with Crippen molar-refractivity contribution in [2.75, 3.05) is 0 Å². The molecule has 1 atom stereocenters. The van der Waals surface area contributed by atoms with Crippen LogP contribution in [0.5, 0.6) is 11.6 Å². The second kappa shape index (κ2) is 5.96. The van der Waals surface area contributed by atoms with Gasteiger partial charge in [0.15, 0.2) is 5.69 Å². The van der Waals surface area contributed by atoms with E-state index >= 15 is 0 Å². The van der Waals surface area contributed by atoms with Gasteiger partial charge in [0.05, 0.1) is 12.4 Å². The third-order valence-electron chi connectivity index (χ3n) is 3.03. The first-order valence-corrected chi connectivity index (χ1v) is 6.23. The van der Waals surface area contributed by atoms with Crippen LogP contribution in [0.4, 0.5) is 0 Å². The minimum absolute atomic E-state index is 0.277. The van der Waals surface area contributed by atoms with Gasteiger partial charge < -0.3 is 4.74 Å². The third kappa shape index (κ3) is 3.29. The highest BCUT2D eigenvalue weighted by Crippen LogP contribution is 2.23. The van der Waals surface area contributed by atoms with Crippen molar-refractivity contribution in [1.82, 2.24) is 9.97 Å². The first-order valence-electron chi connectivity index (χ1n) is 6.23. The SMILES string of the molecule is CCC(C)c1ccc(Oc2cnc(C#N)cn2)cc1. The summed E-state index contributed by atoms with van der Waals surface area (Å²) in [5.41, 5.74) is 1.57. The minimum Gasteiger partial charge on any atom is -0.438 e. The highest BCUT2D eigenvalue weighted by Gasteiger charge is 2.04. The summed E-state index contributed by atoms with van der Waals surface area (Å²) < 4.78 is 5.56. The van der Waals surface area contributed by atoms with E-state index in [2.05, 4.69) is 35.9 Å². The molecule has 2 aromatic rings. The molecule has 1 heterocycles. The Morgan fingerprint density at radius 2 is 1.95 bits per heavy atom. The van der Waals surface area contributed by atoms with Gasteiger partial charge >= 0.3 is 0 Å². The number of nitrogens with zero attached hydrogens (tertiary/aromatic N) is 3. The molecule has 2 rings (SSSR count). The first-order chi connectivity index (χ1) is 9.22. The average Bonchev–Trinajstić information content (AvgIpc) is 2.48. The fraction of sp³-hybridized carbons (Fsp3) is 0.267. The molecule has 0 aliphatic carbocycles. The molecule has 4 heteroatoms. The Morgan fingerprint density at radius 3 is 2.47 bits per heavy atom. The Kier molecular flexibility index (Phi) is 4.09. The largest absolute Gasteiger partial charge is 0.438 e. The molecule has 0 saturated heterocycles. The van der Waals surface area contributed by atoms with Crippen LogP contribution in [-0.4, -0.2) is 9.97 Å². The molecule has 0 aliphatic rings. The maximum Gasteiger partial charge on any atom is 0.237 e. The molecule has 0 radical (unpaired) electrons. The fourth-order valence-corrected chi connectivity index (χ4v) is 1.65. The minimum atomic E-state index is 0.277. The van der Waals surface area contributed by atoms with Gasteiger partial charge in [-0.05, 0) is 30.0 Å². The number of hydrogen-bond acceptors (Lipinski definition) is 4. The molecule has 0 aliphatic heterocycles. The van der Waals surface area contributed by atoms with Gasteiger partial charge in [0, 0.05) is 0 Å². The van der Waals surface area contributed by atoms with Crippen molar-refractivity contribution in [2.24, 2.45) is 0 Å². The Hall–Kier alpha value is -2.41. The van der Waals surface area contributed by atoms with Crippen LogP contribution in [0.25, 0.3) is 0 Å². The Labute approximate surface area is 112 Å². The van der Waals surface area contributed by atoms with Crippen molar-refractivity contribution in [3.05, 3.63) is 47.9 Å². The van der Waals surface area contributed by atoms with E-state index in [1.54, 1.807) is 0 Å².